The first-order valence-electron chi connectivity index (χ1n) is 9.29. The minimum atomic E-state index is -0.354. The number of para-hydroxylation sites is 1. The van der Waals surface area contributed by atoms with Gasteiger partial charge in [0.1, 0.15) is 11.6 Å². The lowest BCUT2D eigenvalue weighted by Crippen LogP contribution is -2.35. The summed E-state index contributed by atoms with van der Waals surface area (Å²) in [6.07, 6.45) is 1.48. The van der Waals surface area contributed by atoms with Gasteiger partial charge in [0, 0.05) is 12.6 Å². The van der Waals surface area contributed by atoms with E-state index in [0.717, 1.165) is 12.8 Å². The summed E-state index contributed by atoms with van der Waals surface area (Å²) >= 11 is 0. The smallest absolute Gasteiger partial charge is 0.319 e. The van der Waals surface area contributed by atoms with Crippen LogP contribution in [0.15, 0.2) is 48.5 Å². The predicted molar refractivity (Wildman–Crippen MR) is 107 cm³/mol. The van der Waals surface area contributed by atoms with Crippen LogP contribution in [-0.4, -0.2) is 31.1 Å². The highest BCUT2D eigenvalue weighted by Gasteiger charge is 2.13. The highest BCUT2D eigenvalue weighted by atomic mass is 19.1. The predicted octanol–water partition coefficient (Wildman–Crippen LogP) is 3.94. The zero-order chi connectivity index (χ0) is 20.4. The summed E-state index contributed by atoms with van der Waals surface area (Å²) in [6, 6.07) is 12.4. The number of halogens is 1. The summed E-state index contributed by atoms with van der Waals surface area (Å²) < 4.78 is 18.3. The SMILES string of the molecule is CC(C)NC(=O)Nc1ccccc1C(=O)NCCCCOc1ccc(F)cc1. The summed E-state index contributed by atoms with van der Waals surface area (Å²) in [4.78, 5) is 24.3. The Morgan fingerprint density at radius 1 is 1.04 bits per heavy atom. The van der Waals surface area contributed by atoms with E-state index in [1.165, 1.54) is 12.1 Å². The molecule has 28 heavy (non-hydrogen) atoms. The van der Waals surface area contributed by atoms with E-state index >= 15 is 0 Å². The van der Waals surface area contributed by atoms with Gasteiger partial charge in [-0.25, -0.2) is 9.18 Å². The first kappa shape index (κ1) is 21.2. The summed E-state index contributed by atoms with van der Waals surface area (Å²) in [6.45, 7) is 4.68. The number of hydrogen-bond donors (Lipinski definition) is 3. The van der Waals surface area contributed by atoms with Gasteiger partial charge in [-0.3, -0.25) is 4.79 Å². The number of nitrogens with one attached hydrogen (secondary N) is 3. The Morgan fingerprint density at radius 3 is 2.46 bits per heavy atom. The number of ether oxygens (including phenoxy) is 1. The number of hydrogen-bond acceptors (Lipinski definition) is 3. The molecule has 2 rings (SSSR count). The molecule has 3 N–H and O–H groups in total. The molecule has 150 valence electrons. The van der Waals surface area contributed by atoms with Gasteiger partial charge in [0.05, 0.1) is 17.9 Å². The molecule has 3 amide bonds. The number of benzene rings is 2. The number of carbonyl (C=O) groups excluding carboxylic acids is 2. The molecule has 0 aliphatic carbocycles. The molecule has 0 saturated carbocycles. The number of amides is 3. The van der Waals surface area contributed by atoms with Crippen molar-refractivity contribution in [2.45, 2.75) is 32.7 Å². The molecule has 2 aromatic rings. The molecule has 7 heteroatoms. The van der Waals surface area contributed by atoms with Crippen molar-refractivity contribution in [1.29, 1.82) is 0 Å². The van der Waals surface area contributed by atoms with Gasteiger partial charge in [-0.15, -0.1) is 0 Å². The normalized spacial score (nSPS) is 10.4. The largest absolute Gasteiger partial charge is 0.494 e. The molecule has 0 aliphatic rings. The molecule has 0 unspecified atom stereocenters. The molecule has 0 fully saturated rings. The highest BCUT2D eigenvalue weighted by Crippen LogP contribution is 2.15. The lowest BCUT2D eigenvalue weighted by Gasteiger charge is -2.13. The Morgan fingerprint density at radius 2 is 1.75 bits per heavy atom. The average Bonchev–Trinajstić information content (AvgIpc) is 2.65. The lowest BCUT2D eigenvalue weighted by atomic mass is 10.1. The molecular formula is C21H26FN3O3. The molecule has 0 aromatic heterocycles. The number of urea groups is 1. The molecule has 6 nitrogen and oxygen atoms in total. The van der Waals surface area contributed by atoms with Crippen molar-refractivity contribution < 1.29 is 18.7 Å². The van der Waals surface area contributed by atoms with Crippen molar-refractivity contribution in [3.63, 3.8) is 0 Å². The van der Waals surface area contributed by atoms with E-state index in [9.17, 15) is 14.0 Å². The first-order chi connectivity index (χ1) is 13.5. The van der Waals surface area contributed by atoms with Crippen LogP contribution in [0.3, 0.4) is 0 Å². The fourth-order valence-electron chi connectivity index (χ4n) is 2.46. The number of anilines is 1. The van der Waals surface area contributed by atoms with E-state index < -0.39 is 0 Å². The van der Waals surface area contributed by atoms with E-state index in [1.807, 2.05) is 13.8 Å². The van der Waals surface area contributed by atoms with Gasteiger partial charge in [-0.05, 0) is 63.1 Å². The fraction of sp³-hybridized carbons (Fsp3) is 0.333. The maximum Gasteiger partial charge on any atom is 0.319 e. The number of carbonyl (C=O) groups is 2. The molecule has 0 bridgehead atoms. The second-order valence-corrected chi connectivity index (χ2v) is 6.56. The van der Waals surface area contributed by atoms with Crippen molar-refractivity contribution in [2.75, 3.05) is 18.5 Å². The molecule has 2 aromatic carbocycles. The standard InChI is InChI=1S/C21H26FN3O3/c1-15(2)24-21(27)25-19-8-4-3-7-18(19)20(26)23-13-5-6-14-28-17-11-9-16(22)10-12-17/h3-4,7-12,15H,5-6,13-14H2,1-2H3,(H,23,26)(H2,24,25,27). The average molecular weight is 387 g/mol. The van der Waals surface area contributed by atoms with Crippen LogP contribution in [0, 0.1) is 5.82 Å². The second kappa shape index (κ2) is 10.9. The van der Waals surface area contributed by atoms with Gasteiger partial charge in [0.25, 0.3) is 5.91 Å². The van der Waals surface area contributed by atoms with Gasteiger partial charge >= 0.3 is 6.03 Å². The Kier molecular flexibility index (Phi) is 8.27. The third kappa shape index (κ3) is 7.26. The van der Waals surface area contributed by atoms with Gasteiger partial charge in [-0.2, -0.15) is 0 Å². The van der Waals surface area contributed by atoms with Crippen LogP contribution in [0.5, 0.6) is 5.75 Å². The van der Waals surface area contributed by atoms with Crippen molar-refractivity contribution >= 4 is 17.6 Å². The number of unbranched alkanes of at least 4 members (excludes halogenated alkanes) is 1. The van der Waals surface area contributed by atoms with Crippen molar-refractivity contribution in [3.05, 3.63) is 59.9 Å². The minimum Gasteiger partial charge on any atom is -0.494 e. The molecular weight excluding hydrogens is 361 g/mol. The van der Waals surface area contributed by atoms with Crippen LogP contribution in [0.25, 0.3) is 0 Å². The van der Waals surface area contributed by atoms with Crippen LogP contribution in [0.2, 0.25) is 0 Å². The Bertz CT molecular complexity index is 779. The Labute approximate surface area is 164 Å². The van der Waals surface area contributed by atoms with Crippen LogP contribution in [0.4, 0.5) is 14.9 Å². The summed E-state index contributed by atoms with van der Waals surface area (Å²) in [5.74, 6) is 0.0662. The first-order valence-corrected chi connectivity index (χ1v) is 9.29. The third-order valence-corrected chi connectivity index (χ3v) is 3.78. The van der Waals surface area contributed by atoms with Crippen molar-refractivity contribution in [1.82, 2.24) is 10.6 Å². The molecule has 0 atom stereocenters. The van der Waals surface area contributed by atoms with Gasteiger partial charge in [0.2, 0.25) is 0 Å². The Hall–Kier alpha value is -3.09. The minimum absolute atomic E-state index is 0.00174. The molecule has 0 radical (unpaired) electrons. The van der Waals surface area contributed by atoms with Gasteiger partial charge in [-0.1, -0.05) is 12.1 Å². The topological polar surface area (TPSA) is 79.5 Å². The molecule has 0 saturated heterocycles. The van der Waals surface area contributed by atoms with E-state index in [4.69, 9.17) is 4.74 Å². The quantitative estimate of drug-likeness (QED) is 0.570. The molecule has 0 heterocycles. The molecule has 0 aliphatic heterocycles. The summed E-state index contributed by atoms with van der Waals surface area (Å²) in [5, 5.41) is 8.27. The Balaban J connectivity index is 1.74. The van der Waals surface area contributed by atoms with Crippen LogP contribution < -0.4 is 20.7 Å². The zero-order valence-corrected chi connectivity index (χ0v) is 16.1. The van der Waals surface area contributed by atoms with Crippen molar-refractivity contribution in [2.24, 2.45) is 0 Å². The maximum absolute atomic E-state index is 12.8. The summed E-state index contributed by atoms with van der Waals surface area (Å²) in [5.41, 5.74) is 0.863. The van der Waals surface area contributed by atoms with E-state index in [-0.39, 0.29) is 23.8 Å². The maximum atomic E-state index is 12.8. The summed E-state index contributed by atoms with van der Waals surface area (Å²) in [7, 11) is 0. The third-order valence-electron chi connectivity index (χ3n) is 3.78. The fourth-order valence-corrected chi connectivity index (χ4v) is 2.46. The monoisotopic (exact) mass is 387 g/mol. The van der Waals surface area contributed by atoms with E-state index in [1.54, 1.807) is 36.4 Å². The molecule has 0 spiro atoms. The van der Waals surface area contributed by atoms with E-state index in [2.05, 4.69) is 16.0 Å². The van der Waals surface area contributed by atoms with Crippen molar-refractivity contribution in [3.8, 4) is 5.75 Å². The van der Waals surface area contributed by atoms with Gasteiger partial charge < -0.3 is 20.7 Å². The van der Waals surface area contributed by atoms with E-state index in [0.29, 0.717) is 30.2 Å². The lowest BCUT2D eigenvalue weighted by molar-refractivity contribution is 0.0953. The number of rotatable bonds is 9. The zero-order valence-electron chi connectivity index (χ0n) is 16.1. The van der Waals surface area contributed by atoms with Crippen LogP contribution >= 0.6 is 0 Å². The van der Waals surface area contributed by atoms with Crippen LogP contribution in [0.1, 0.15) is 37.0 Å². The van der Waals surface area contributed by atoms with Gasteiger partial charge in [0.15, 0.2) is 0 Å². The second-order valence-electron chi connectivity index (χ2n) is 6.56. The highest BCUT2D eigenvalue weighted by molar-refractivity contribution is 6.03. The van der Waals surface area contributed by atoms with Crippen LogP contribution in [-0.2, 0) is 0 Å².